The normalized spacial score (nSPS) is 33.4. The number of esters is 1. The van der Waals surface area contributed by atoms with Gasteiger partial charge in [0.1, 0.15) is 5.54 Å². The summed E-state index contributed by atoms with van der Waals surface area (Å²) < 4.78 is 4.73. The molecule has 2 fully saturated rings. The van der Waals surface area contributed by atoms with Crippen molar-refractivity contribution in [1.82, 2.24) is 10.6 Å². The monoisotopic (exact) mass is 272 g/mol. The zero-order chi connectivity index (χ0) is 14.0. The number of carbonyl (C=O) groups is 3. The third kappa shape index (κ3) is 2.41. The van der Waals surface area contributed by atoms with Gasteiger partial charge in [0.05, 0.1) is 26.7 Å². The van der Waals surface area contributed by atoms with Gasteiger partial charge in [-0.3, -0.25) is 14.9 Å². The second-order valence-corrected chi connectivity index (χ2v) is 4.74. The highest BCUT2D eigenvalue weighted by Gasteiger charge is 2.57. The van der Waals surface area contributed by atoms with Crippen molar-refractivity contribution in [1.29, 1.82) is 0 Å². The summed E-state index contributed by atoms with van der Waals surface area (Å²) in [5.74, 6) is -1.59. The van der Waals surface area contributed by atoms with Gasteiger partial charge >= 0.3 is 12.0 Å². The Balaban J connectivity index is 2.16. The number of imide groups is 1. The number of hydrogen-bond donors (Lipinski definition) is 2. The summed E-state index contributed by atoms with van der Waals surface area (Å²) in [6.45, 7) is 0.154. The van der Waals surface area contributed by atoms with Crippen molar-refractivity contribution in [3.8, 4) is 0 Å². The van der Waals surface area contributed by atoms with E-state index >= 15 is 0 Å². The molecule has 19 heavy (non-hydrogen) atoms. The Morgan fingerprint density at radius 2 is 2.11 bits per heavy atom. The Kier molecular flexibility index (Phi) is 3.72. The van der Waals surface area contributed by atoms with E-state index in [0.717, 1.165) is 0 Å². The Morgan fingerprint density at radius 3 is 2.63 bits per heavy atom. The van der Waals surface area contributed by atoms with Crippen LogP contribution in [0.2, 0.25) is 0 Å². The lowest BCUT2D eigenvalue weighted by Gasteiger charge is -2.19. The quantitative estimate of drug-likeness (QED) is 0.305. The third-order valence-corrected chi connectivity index (χ3v) is 3.67. The van der Waals surface area contributed by atoms with Gasteiger partial charge in [0.2, 0.25) is 0 Å². The minimum absolute atomic E-state index is 0.154. The molecule has 0 aromatic carbocycles. The van der Waals surface area contributed by atoms with Crippen LogP contribution in [0.1, 0.15) is 12.8 Å². The second-order valence-electron chi connectivity index (χ2n) is 4.74. The standard InChI is InChI=1S/C11H16N2O6/c1-17-8(14)7-4-11(3-6(7)5-19-18-2)9(15)12-10(16)13-11/h6-7H,3-5H2,1-2H3,(H2,12,13,15,16). The molecule has 2 rings (SSSR count). The first-order valence-corrected chi connectivity index (χ1v) is 5.89. The van der Waals surface area contributed by atoms with Crippen molar-refractivity contribution in [3.05, 3.63) is 0 Å². The van der Waals surface area contributed by atoms with E-state index in [4.69, 9.17) is 9.62 Å². The van der Waals surface area contributed by atoms with E-state index in [9.17, 15) is 14.4 Å². The van der Waals surface area contributed by atoms with Gasteiger partial charge in [-0.2, -0.15) is 0 Å². The van der Waals surface area contributed by atoms with Crippen LogP contribution in [-0.2, 0) is 24.1 Å². The molecule has 3 unspecified atom stereocenters. The molecule has 0 aromatic heterocycles. The number of nitrogens with one attached hydrogen (secondary N) is 2. The highest BCUT2D eigenvalue weighted by atomic mass is 17.2. The summed E-state index contributed by atoms with van der Waals surface area (Å²) in [5.41, 5.74) is -1.04. The molecule has 1 spiro atoms. The van der Waals surface area contributed by atoms with E-state index in [-0.39, 0.29) is 18.9 Å². The van der Waals surface area contributed by atoms with Crippen molar-refractivity contribution < 1.29 is 28.9 Å². The maximum atomic E-state index is 11.9. The van der Waals surface area contributed by atoms with Crippen molar-refractivity contribution in [2.24, 2.45) is 11.8 Å². The lowest BCUT2D eigenvalue weighted by molar-refractivity contribution is -0.281. The van der Waals surface area contributed by atoms with E-state index in [2.05, 4.69) is 15.5 Å². The van der Waals surface area contributed by atoms with Crippen molar-refractivity contribution in [2.45, 2.75) is 18.4 Å². The molecule has 0 radical (unpaired) electrons. The molecule has 0 aromatic rings. The van der Waals surface area contributed by atoms with Gasteiger partial charge in [0, 0.05) is 5.92 Å². The molecule has 1 aliphatic carbocycles. The molecule has 8 heteroatoms. The van der Waals surface area contributed by atoms with Crippen molar-refractivity contribution in [2.75, 3.05) is 20.8 Å². The van der Waals surface area contributed by atoms with Crippen LogP contribution in [0, 0.1) is 11.8 Å². The second kappa shape index (κ2) is 5.14. The van der Waals surface area contributed by atoms with Crippen LogP contribution in [0.5, 0.6) is 0 Å². The number of rotatable bonds is 4. The number of hydrogen-bond acceptors (Lipinski definition) is 6. The van der Waals surface area contributed by atoms with Crippen molar-refractivity contribution >= 4 is 17.9 Å². The van der Waals surface area contributed by atoms with Crippen LogP contribution >= 0.6 is 0 Å². The molecule has 1 aliphatic heterocycles. The minimum atomic E-state index is -1.04. The van der Waals surface area contributed by atoms with Gasteiger partial charge in [-0.1, -0.05) is 0 Å². The Labute approximate surface area is 109 Å². The predicted octanol–water partition coefficient (Wildman–Crippen LogP) is -0.658. The minimum Gasteiger partial charge on any atom is -0.469 e. The molecule has 3 atom stereocenters. The molecule has 1 heterocycles. The van der Waals surface area contributed by atoms with Gasteiger partial charge in [0.15, 0.2) is 0 Å². The molecular weight excluding hydrogens is 256 g/mol. The molecule has 3 amide bonds. The Hall–Kier alpha value is -1.67. The van der Waals surface area contributed by atoms with Crippen LogP contribution in [0.25, 0.3) is 0 Å². The summed E-state index contributed by atoms with van der Waals surface area (Å²) in [7, 11) is 2.65. The molecule has 2 aliphatic rings. The number of methoxy groups -OCH3 is 1. The zero-order valence-corrected chi connectivity index (χ0v) is 10.7. The highest BCUT2D eigenvalue weighted by Crippen LogP contribution is 2.41. The zero-order valence-electron chi connectivity index (χ0n) is 10.7. The van der Waals surface area contributed by atoms with Crippen LogP contribution in [-0.4, -0.2) is 44.3 Å². The van der Waals surface area contributed by atoms with Gasteiger partial charge in [-0.05, 0) is 12.8 Å². The van der Waals surface area contributed by atoms with Gasteiger partial charge < -0.3 is 10.1 Å². The SMILES string of the molecule is COOCC1CC2(CC1C(=O)OC)NC(=O)NC2=O. The van der Waals surface area contributed by atoms with Crippen molar-refractivity contribution in [3.63, 3.8) is 0 Å². The molecule has 1 saturated carbocycles. The fraction of sp³-hybridized carbons (Fsp3) is 0.727. The topological polar surface area (TPSA) is 103 Å². The Morgan fingerprint density at radius 1 is 1.37 bits per heavy atom. The first-order chi connectivity index (χ1) is 9.02. The van der Waals surface area contributed by atoms with Gasteiger partial charge in [-0.15, -0.1) is 0 Å². The van der Waals surface area contributed by atoms with Crippen LogP contribution in [0.4, 0.5) is 4.79 Å². The molecule has 1 saturated heterocycles. The fourth-order valence-corrected chi connectivity index (χ4v) is 2.79. The summed E-state index contributed by atoms with van der Waals surface area (Å²) >= 11 is 0. The maximum absolute atomic E-state index is 11.9. The van der Waals surface area contributed by atoms with E-state index in [1.165, 1.54) is 14.2 Å². The summed E-state index contributed by atoms with van der Waals surface area (Å²) in [4.78, 5) is 44.3. The lowest BCUT2D eigenvalue weighted by Crippen LogP contribution is -2.44. The number of carbonyl (C=O) groups excluding carboxylic acids is 3. The third-order valence-electron chi connectivity index (χ3n) is 3.67. The molecule has 8 nitrogen and oxygen atoms in total. The van der Waals surface area contributed by atoms with Crippen LogP contribution in [0.15, 0.2) is 0 Å². The fourth-order valence-electron chi connectivity index (χ4n) is 2.79. The molecular formula is C11H16N2O6. The lowest BCUT2D eigenvalue weighted by atomic mass is 9.96. The van der Waals surface area contributed by atoms with E-state index in [0.29, 0.717) is 6.42 Å². The smallest absolute Gasteiger partial charge is 0.322 e. The number of urea groups is 1. The average Bonchev–Trinajstić information content (AvgIpc) is 2.87. The number of ether oxygens (including phenoxy) is 1. The molecule has 106 valence electrons. The first-order valence-electron chi connectivity index (χ1n) is 5.89. The van der Waals surface area contributed by atoms with Gasteiger partial charge in [-0.25, -0.2) is 14.6 Å². The summed E-state index contributed by atoms with van der Waals surface area (Å²) in [6, 6.07) is -0.540. The predicted molar refractivity (Wildman–Crippen MR) is 60.6 cm³/mol. The number of amides is 3. The summed E-state index contributed by atoms with van der Waals surface area (Å²) in [5, 5.41) is 4.78. The molecule has 2 N–H and O–H groups in total. The molecule has 0 bridgehead atoms. The van der Waals surface area contributed by atoms with Crippen LogP contribution < -0.4 is 10.6 Å². The average molecular weight is 272 g/mol. The maximum Gasteiger partial charge on any atom is 0.322 e. The first kappa shape index (κ1) is 13.8. The highest BCUT2D eigenvalue weighted by molar-refractivity contribution is 6.07. The Bertz CT molecular complexity index is 412. The van der Waals surface area contributed by atoms with E-state index in [1.54, 1.807) is 0 Å². The van der Waals surface area contributed by atoms with E-state index in [1.807, 2.05) is 0 Å². The van der Waals surface area contributed by atoms with Crippen LogP contribution in [0.3, 0.4) is 0 Å². The largest absolute Gasteiger partial charge is 0.469 e. The van der Waals surface area contributed by atoms with E-state index < -0.39 is 29.4 Å². The summed E-state index contributed by atoms with van der Waals surface area (Å²) in [6.07, 6.45) is 0.517. The van der Waals surface area contributed by atoms with Gasteiger partial charge in [0.25, 0.3) is 5.91 Å².